The van der Waals surface area contributed by atoms with Crippen molar-refractivity contribution in [1.82, 2.24) is 9.80 Å². The normalized spacial score (nSPS) is 14.8. The highest BCUT2D eigenvalue weighted by Crippen LogP contribution is 2.35. The van der Waals surface area contributed by atoms with E-state index in [1.165, 1.54) is 41.2 Å². The Bertz CT molecular complexity index is 1180. The maximum Gasteiger partial charge on any atom is 0.254 e. The maximum absolute atomic E-state index is 13.6. The summed E-state index contributed by atoms with van der Waals surface area (Å²) >= 11 is 1.67. The number of halogens is 1. The van der Waals surface area contributed by atoms with Gasteiger partial charge in [-0.3, -0.25) is 9.59 Å². The molecular formula is C27H29FN2O5S. The highest BCUT2D eigenvalue weighted by atomic mass is 32.1. The van der Waals surface area contributed by atoms with Gasteiger partial charge in [0.05, 0.1) is 19.8 Å². The number of amides is 2. The van der Waals surface area contributed by atoms with Crippen LogP contribution < -0.4 is 9.47 Å². The molecule has 2 heterocycles. The number of hydrogen-bond donors (Lipinski definition) is 0. The number of nitrogens with zero attached hydrogens (tertiary/aromatic N) is 2. The monoisotopic (exact) mass is 512 g/mol. The van der Waals surface area contributed by atoms with Crippen LogP contribution in [0.4, 0.5) is 4.39 Å². The molecule has 0 fully saturated rings. The first-order valence-corrected chi connectivity index (χ1v) is 12.5. The lowest BCUT2D eigenvalue weighted by atomic mass is 10.0. The SMILES string of the molecule is COCCN(CC(=O)N1CCc2sccc2[C@@H]1COc1ccccc1OC)C(=O)c1ccc(F)cc1. The molecule has 7 nitrogen and oxygen atoms in total. The number of hydrogen-bond acceptors (Lipinski definition) is 6. The minimum absolute atomic E-state index is 0.121. The number of carbonyl (C=O) groups excluding carboxylic acids is 2. The van der Waals surface area contributed by atoms with Gasteiger partial charge in [-0.2, -0.15) is 0 Å². The van der Waals surface area contributed by atoms with E-state index in [1.807, 2.05) is 35.7 Å². The summed E-state index contributed by atoms with van der Waals surface area (Å²) in [5.74, 6) is 0.252. The number of carbonyl (C=O) groups is 2. The van der Waals surface area contributed by atoms with E-state index in [1.54, 1.807) is 23.3 Å². The third-order valence-electron chi connectivity index (χ3n) is 6.15. The number of thiophene rings is 1. The van der Waals surface area contributed by atoms with Crippen LogP contribution in [0.15, 0.2) is 60.0 Å². The Morgan fingerprint density at radius 1 is 1.08 bits per heavy atom. The molecule has 0 bridgehead atoms. The fourth-order valence-electron chi connectivity index (χ4n) is 4.26. The van der Waals surface area contributed by atoms with Crippen molar-refractivity contribution in [3.05, 3.63) is 81.8 Å². The number of ether oxygens (including phenoxy) is 3. The molecule has 190 valence electrons. The molecule has 4 rings (SSSR count). The largest absolute Gasteiger partial charge is 0.493 e. The Kier molecular flexibility index (Phi) is 8.56. The Morgan fingerprint density at radius 2 is 1.83 bits per heavy atom. The highest BCUT2D eigenvalue weighted by Gasteiger charge is 2.33. The van der Waals surface area contributed by atoms with Gasteiger partial charge < -0.3 is 24.0 Å². The zero-order chi connectivity index (χ0) is 25.5. The Hall–Kier alpha value is -3.43. The predicted molar refractivity (Wildman–Crippen MR) is 135 cm³/mol. The van der Waals surface area contributed by atoms with E-state index < -0.39 is 5.82 Å². The van der Waals surface area contributed by atoms with Gasteiger partial charge in [0.2, 0.25) is 5.91 Å². The molecule has 2 aromatic carbocycles. The lowest BCUT2D eigenvalue weighted by molar-refractivity contribution is -0.135. The molecule has 0 spiro atoms. The molecule has 3 aromatic rings. The molecular weight excluding hydrogens is 483 g/mol. The van der Waals surface area contributed by atoms with Crippen LogP contribution >= 0.6 is 11.3 Å². The molecule has 0 unspecified atom stereocenters. The van der Waals surface area contributed by atoms with Crippen LogP contribution in [-0.4, -0.2) is 68.7 Å². The van der Waals surface area contributed by atoms with Crippen LogP contribution in [0.3, 0.4) is 0 Å². The van der Waals surface area contributed by atoms with Crippen molar-refractivity contribution in [3.63, 3.8) is 0 Å². The van der Waals surface area contributed by atoms with Gasteiger partial charge >= 0.3 is 0 Å². The van der Waals surface area contributed by atoms with Crippen LogP contribution in [-0.2, 0) is 16.0 Å². The van der Waals surface area contributed by atoms with Gasteiger partial charge in [-0.25, -0.2) is 4.39 Å². The van der Waals surface area contributed by atoms with Gasteiger partial charge in [0.15, 0.2) is 11.5 Å². The van der Waals surface area contributed by atoms with Gasteiger partial charge in [0, 0.05) is 30.6 Å². The Morgan fingerprint density at radius 3 is 2.56 bits per heavy atom. The van der Waals surface area contributed by atoms with Crippen LogP contribution in [0.1, 0.15) is 26.8 Å². The molecule has 2 amide bonds. The summed E-state index contributed by atoms with van der Waals surface area (Å²) in [6, 6.07) is 14.4. The molecule has 0 radical (unpaired) electrons. The zero-order valence-electron chi connectivity index (χ0n) is 20.3. The van der Waals surface area contributed by atoms with Crippen molar-refractivity contribution in [2.75, 3.05) is 47.1 Å². The molecule has 1 aliphatic rings. The maximum atomic E-state index is 13.6. The molecule has 1 aliphatic heterocycles. The van der Waals surface area contributed by atoms with E-state index in [0.29, 0.717) is 23.6 Å². The van der Waals surface area contributed by atoms with Gasteiger partial charge in [0.1, 0.15) is 19.0 Å². The second-order valence-corrected chi connectivity index (χ2v) is 9.34. The van der Waals surface area contributed by atoms with Crippen molar-refractivity contribution in [2.24, 2.45) is 0 Å². The average molecular weight is 513 g/mol. The number of para-hydroxylation sites is 2. The van der Waals surface area contributed by atoms with E-state index in [4.69, 9.17) is 14.2 Å². The summed E-state index contributed by atoms with van der Waals surface area (Å²) < 4.78 is 30.0. The fraction of sp³-hybridized carbons (Fsp3) is 0.333. The third-order valence-corrected chi connectivity index (χ3v) is 7.15. The standard InChI is InChI=1S/C27H29FN2O5S/c1-33-15-14-29(27(32)19-7-9-20(28)10-8-19)17-26(31)30-13-11-25-21(12-16-36-25)22(30)18-35-24-6-4-3-5-23(24)34-2/h3-10,12,16,22H,11,13-15,17-18H2,1-2H3/t22-/m0/s1. The summed E-state index contributed by atoms with van der Waals surface area (Å²) in [4.78, 5) is 31.2. The van der Waals surface area contributed by atoms with Crippen molar-refractivity contribution in [2.45, 2.75) is 12.5 Å². The first-order valence-electron chi connectivity index (χ1n) is 11.7. The van der Waals surface area contributed by atoms with E-state index >= 15 is 0 Å². The van der Waals surface area contributed by atoms with Gasteiger partial charge in [-0.1, -0.05) is 12.1 Å². The molecule has 0 saturated heterocycles. The second-order valence-electron chi connectivity index (χ2n) is 8.34. The van der Waals surface area contributed by atoms with Crippen molar-refractivity contribution in [1.29, 1.82) is 0 Å². The zero-order valence-corrected chi connectivity index (χ0v) is 21.1. The van der Waals surface area contributed by atoms with Crippen LogP contribution in [0.2, 0.25) is 0 Å². The summed E-state index contributed by atoms with van der Waals surface area (Å²) in [6.07, 6.45) is 0.744. The van der Waals surface area contributed by atoms with Crippen molar-refractivity contribution < 1.29 is 28.2 Å². The summed E-state index contributed by atoms with van der Waals surface area (Å²) in [5, 5.41) is 2.03. The molecule has 0 N–H and O–H groups in total. The van der Waals surface area contributed by atoms with E-state index in [9.17, 15) is 14.0 Å². The van der Waals surface area contributed by atoms with Gasteiger partial charge in [-0.15, -0.1) is 11.3 Å². The number of methoxy groups -OCH3 is 2. The Labute approximate surface area is 214 Å². The number of fused-ring (bicyclic) bond motifs is 1. The first kappa shape index (κ1) is 25.7. The number of rotatable bonds is 10. The predicted octanol–water partition coefficient (Wildman–Crippen LogP) is 4.19. The second kappa shape index (κ2) is 12.0. The van der Waals surface area contributed by atoms with Gasteiger partial charge in [0.25, 0.3) is 5.91 Å². The van der Waals surface area contributed by atoms with E-state index in [0.717, 1.165) is 12.0 Å². The summed E-state index contributed by atoms with van der Waals surface area (Å²) in [7, 11) is 3.12. The van der Waals surface area contributed by atoms with Crippen LogP contribution in [0, 0.1) is 5.82 Å². The quantitative estimate of drug-likeness (QED) is 0.408. The highest BCUT2D eigenvalue weighted by molar-refractivity contribution is 7.10. The first-order chi connectivity index (χ1) is 17.5. The fourth-order valence-corrected chi connectivity index (χ4v) is 5.19. The molecule has 0 saturated carbocycles. The van der Waals surface area contributed by atoms with Crippen LogP contribution in [0.5, 0.6) is 11.5 Å². The molecule has 9 heteroatoms. The lowest BCUT2D eigenvalue weighted by Crippen LogP contribution is -2.48. The molecule has 0 aliphatic carbocycles. The number of benzene rings is 2. The average Bonchev–Trinajstić information content (AvgIpc) is 3.39. The van der Waals surface area contributed by atoms with Crippen molar-refractivity contribution >= 4 is 23.2 Å². The smallest absolute Gasteiger partial charge is 0.254 e. The van der Waals surface area contributed by atoms with Crippen molar-refractivity contribution in [3.8, 4) is 11.5 Å². The summed E-state index contributed by atoms with van der Waals surface area (Å²) in [6.45, 7) is 1.16. The molecule has 1 aromatic heterocycles. The third kappa shape index (κ3) is 5.85. The van der Waals surface area contributed by atoms with E-state index in [-0.39, 0.29) is 44.2 Å². The topological polar surface area (TPSA) is 68.3 Å². The minimum Gasteiger partial charge on any atom is -0.493 e. The summed E-state index contributed by atoms with van der Waals surface area (Å²) in [5.41, 5.74) is 1.37. The molecule has 1 atom stereocenters. The van der Waals surface area contributed by atoms with Crippen LogP contribution in [0.25, 0.3) is 0 Å². The minimum atomic E-state index is -0.427. The molecule has 36 heavy (non-hydrogen) atoms. The van der Waals surface area contributed by atoms with E-state index in [2.05, 4.69) is 0 Å². The Balaban J connectivity index is 1.53. The van der Waals surface area contributed by atoms with Gasteiger partial charge in [-0.05, 0) is 59.8 Å². The lowest BCUT2D eigenvalue weighted by Gasteiger charge is -2.37.